The zero-order chi connectivity index (χ0) is 11.1. The average Bonchev–Trinajstić information content (AvgIpc) is 2.20. The summed E-state index contributed by atoms with van der Waals surface area (Å²) < 4.78 is 0. The quantitative estimate of drug-likeness (QED) is 0.680. The lowest BCUT2D eigenvalue weighted by Crippen LogP contribution is -2.14. The van der Waals surface area contributed by atoms with E-state index in [2.05, 4.69) is 6.58 Å². The van der Waals surface area contributed by atoms with E-state index < -0.39 is 5.97 Å². The average molecular weight is 210 g/mol. The van der Waals surface area contributed by atoms with Crippen LogP contribution < -0.4 is 0 Å². The van der Waals surface area contributed by atoms with Gasteiger partial charge in [0.2, 0.25) is 0 Å². The summed E-state index contributed by atoms with van der Waals surface area (Å²) in [6.45, 7) is 3.78. The highest BCUT2D eigenvalue weighted by Crippen LogP contribution is 2.33. The van der Waals surface area contributed by atoms with Crippen LogP contribution in [0.2, 0.25) is 0 Å². The standard InChI is InChI=1S/C13H22O2/c1-2-4-11-7-9-12(10-8-11)5-3-6-13(14)15/h2,11-12H,1,3-10H2,(H,14,15). The smallest absolute Gasteiger partial charge is 0.303 e. The van der Waals surface area contributed by atoms with Crippen molar-refractivity contribution in [3.8, 4) is 0 Å². The number of carboxylic acids is 1. The molecule has 1 N–H and O–H groups in total. The summed E-state index contributed by atoms with van der Waals surface area (Å²) in [7, 11) is 0. The van der Waals surface area contributed by atoms with Gasteiger partial charge in [0.05, 0.1) is 0 Å². The second kappa shape index (κ2) is 6.65. The first-order valence-electron chi connectivity index (χ1n) is 6.05. The molecule has 0 amide bonds. The fraction of sp³-hybridized carbons (Fsp3) is 0.769. The van der Waals surface area contributed by atoms with Gasteiger partial charge in [-0.25, -0.2) is 0 Å². The van der Waals surface area contributed by atoms with E-state index in [1.807, 2.05) is 6.08 Å². The lowest BCUT2D eigenvalue weighted by Gasteiger charge is -2.27. The van der Waals surface area contributed by atoms with Crippen LogP contribution in [-0.4, -0.2) is 11.1 Å². The van der Waals surface area contributed by atoms with E-state index in [0.717, 1.165) is 31.1 Å². The Balaban J connectivity index is 2.09. The molecule has 0 heterocycles. The SMILES string of the molecule is C=CCC1CCC(CCCC(=O)O)CC1. The van der Waals surface area contributed by atoms with Crippen LogP contribution in [0.15, 0.2) is 12.7 Å². The molecule has 0 bridgehead atoms. The molecule has 0 aliphatic heterocycles. The molecule has 2 nitrogen and oxygen atoms in total. The molecule has 2 heteroatoms. The van der Waals surface area contributed by atoms with E-state index in [0.29, 0.717) is 6.42 Å². The van der Waals surface area contributed by atoms with Gasteiger partial charge in [0.25, 0.3) is 0 Å². The first-order chi connectivity index (χ1) is 7.22. The van der Waals surface area contributed by atoms with E-state index in [1.54, 1.807) is 0 Å². The molecule has 1 rings (SSSR count). The van der Waals surface area contributed by atoms with Crippen LogP contribution in [0.1, 0.15) is 51.4 Å². The molecule has 0 aromatic rings. The van der Waals surface area contributed by atoms with Gasteiger partial charge in [-0.3, -0.25) is 4.79 Å². The molecule has 0 aromatic carbocycles. The van der Waals surface area contributed by atoms with E-state index in [-0.39, 0.29) is 0 Å². The van der Waals surface area contributed by atoms with Crippen LogP contribution in [0.25, 0.3) is 0 Å². The summed E-state index contributed by atoms with van der Waals surface area (Å²) in [4.78, 5) is 10.4. The molecule has 1 fully saturated rings. The fourth-order valence-electron chi connectivity index (χ4n) is 2.53. The second-order valence-corrected chi connectivity index (χ2v) is 4.70. The van der Waals surface area contributed by atoms with Crippen molar-refractivity contribution in [2.75, 3.05) is 0 Å². The Hall–Kier alpha value is -0.790. The van der Waals surface area contributed by atoms with Crippen LogP contribution >= 0.6 is 0 Å². The Morgan fingerprint density at radius 1 is 1.27 bits per heavy atom. The normalized spacial score (nSPS) is 26.1. The molecule has 1 saturated carbocycles. The Morgan fingerprint density at radius 2 is 1.87 bits per heavy atom. The summed E-state index contributed by atoms with van der Waals surface area (Å²) in [6, 6.07) is 0. The maximum absolute atomic E-state index is 10.4. The van der Waals surface area contributed by atoms with Gasteiger partial charge in [-0.2, -0.15) is 0 Å². The minimum atomic E-state index is -0.657. The lowest BCUT2D eigenvalue weighted by molar-refractivity contribution is -0.137. The topological polar surface area (TPSA) is 37.3 Å². The molecule has 0 spiro atoms. The summed E-state index contributed by atoms with van der Waals surface area (Å²) in [6.07, 6.45) is 10.7. The molecular formula is C13H22O2. The summed E-state index contributed by atoms with van der Waals surface area (Å²) >= 11 is 0. The van der Waals surface area contributed by atoms with Gasteiger partial charge in [-0.05, 0) is 43.9 Å². The predicted molar refractivity (Wildman–Crippen MR) is 61.7 cm³/mol. The van der Waals surface area contributed by atoms with Crippen LogP contribution in [-0.2, 0) is 4.79 Å². The molecule has 15 heavy (non-hydrogen) atoms. The van der Waals surface area contributed by atoms with E-state index >= 15 is 0 Å². The van der Waals surface area contributed by atoms with Crippen molar-refractivity contribution in [3.63, 3.8) is 0 Å². The van der Waals surface area contributed by atoms with Gasteiger partial charge in [0.1, 0.15) is 0 Å². The largest absolute Gasteiger partial charge is 0.481 e. The highest BCUT2D eigenvalue weighted by molar-refractivity contribution is 5.66. The van der Waals surface area contributed by atoms with Gasteiger partial charge >= 0.3 is 5.97 Å². The minimum absolute atomic E-state index is 0.340. The highest BCUT2D eigenvalue weighted by atomic mass is 16.4. The van der Waals surface area contributed by atoms with Gasteiger partial charge in [-0.1, -0.05) is 18.9 Å². The Labute approximate surface area is 92.4 Å². The third-order valence-corrected chi connectivity index (χ3v) is 3.47. The Kier molecular flexibility index (Phi) is 5.44. The van der Waals surface area contributed by atoms with Gasteiger partial charge in [0, 0.05) is 6.42 Å². The maximum Gasteiger partial charge on any atom is 0.303 e. The number of hydrogen-bond acceptors (Lipinski definition) is 1. The Bertz CT molecular complexity index is 203. The Morgan fingerprint density at radius 3 is 2.40 bits per heavy atom. The monoisotopic (exact) mass is 210 g/mol. The molecule has 0 saturated heterocycles. The van der Waals surface area contributed by atoms with Crippen molar-refractivity contribution in [1.82, 2.24) is 0 Å². The molecule has 86 valence electrons. The van der Waals surface area contributed by atoms with Crippen molar-refractivity contribution in [2.24, 2.45) is 11.8 Å². The van der Waals surface area contributed by atoms with Crippen LogP contribution in [0.4, 0.5) is 0 Å². The number of allylic oxidation sites excluding steroid dienone is 1. The summed E-state index contributed by atoms with van der Waals surface area (Å²) in [5.74, 6) is 0.971. The number of carbonyl (C=O) groups is 1. The molecule has 1 aliphatic rings. The first-order valence-corrected chi connectivity index (χ1v) is 6.05. The van der Waals surface area contributed by atoms with Crippen LogP contribution in [0.5, 0.6) is 0 Å². The van der Waals surface area contributed by atoms with E-state index in [9.17, 15) is 4.79 Å². The number of rotatable bonds is 6. The van der Waals surface area contributed by atoms with E-state index in [1.165, 1.54) is 25.7 Å². The molecule has 1 aliphatic carbocycles. The van der Waals surface area contributed by atoms with Crippen LogP contribution in [0.3, 0.4) is 0 Å². The van der Waals surface area contributed by atoms with Gasteiger partial charge in [0.15, 0.2) is 0 Å². The zero-order valence-corrected chi connectivity index (χ0v) is 9.45. The summed E-state index contributed by atoms with van der Waals surface area (Å²) in [5.41, 5.74) is 0. The molecule has 0 unspecified atom stereocenters. The third kappa shape index (κ3) is 5.01. The summed E-state index contributed by atoms with van der Waals surface area (Å²) in [5, 5.41) is 8.54. The molecule has 0 radical (unpaired) electrons. The minimum Gasteiger partial charge on any atom is -0.481 e. The van der Waals surface area contributed by atoms with Crippen molar-refractivity contribution in [1.29, 1.82) is 0 Å². The second-order valence-electron chi connectivity index (χ2n) is 4.70. The molecular weight excluding hydrogens is 188 g/mol. The van der Waals surface area contributed by atoms with Crippen molar-refractivity contribution < 1.29 is 9.90 Å². The van der Waals surface area contributed by atoms with Crippen LogP contribution in [0, 0.1) is 11.8 Å². The fourth-order valence-corrected chi connectivity index (χ4v) is 2.53. The van der Waals surface area contributed by atoms with E-state index in [4.69, 9.17) is 5.11 Å². The van der Waals surface area contributed by atoms with Gasteiger partial charge < -0.3 is 5.11 Å². The highest BCUT2D eigenvalue weighted by Gasteiger charge is 2.19. The number of hydrogen-bond donors (Lipinski definition) is 1. The van der Waals surface area contributed by atoms with Gasteiger partial charge in [-0.15, -0.1) is 6.58 Å². The number of aliphatic carboxylic acids is 1. The number of carboxylic acid groups (broad SMARTS) is 1. The van der Waals surface area contributed by atoms with Crippen molar-refractivity contribution >= 4 is 5.97 Å². The predicted octanol–water partition coefficient (Wildman–Crippen LogP) is 3.62. The molecule has 0 aromatic heterocycles. The lowest BCUT2D eigenvalue weighted by atomic mass is 9.78. The first kappa shape index (κ1) is 12.3. The maximum atomic E-state index is 10.4. The molecule has 0 atom stereocenters. The van der Waals surface area contributed by atoms with Crippen molar-refractivity contribution in [2.45, 2.75) is 51.4 Å². The third-order valence-electron chi connectivity index (χ3n) is 3.47. The van der Waals surface area contributed by atoms with Crippen molar-refractivity contribution in [3.05, 3.63) is 12.7 Å². The zero-order valence-electron chi connectivity index (χ0n) is 9.45.